The monoisotopic (exact) mass is 259 g/mol. The van der Waals surface area contributed by atoms with Crippen molar-refractivity contribution in [2.45, 2.75) is 32.9 Å². The van der Waals surface area contributed by atoms with Crippen LogP contribution in [0, 0.1) is 11.6 Å². The Bertz CT molecular complexity index is 455. The minimum Gasteiger partial charge on any atom is -0.503 e. The Morgan fingerprint density at radius 1 is 1.39 bits per heavy atom. The number of hydrogen-bond acceptors (Lipinski definition) is 3. The van der Waals surface area contributed by atoms with Crippen LogP contribution in [0.4, 0.5) is 13.6 Å². The van der Waals surface area contributed by atoms with Crippen molar-refractivity contribution < 1.29 is 23.4 Å². The van der Waals surface area contributed by atoms with E-state index in [9.17, 15) is 13.6 Å². The Morgan fingerprint density at radius 2 is 2.00 bits per heavy atom. The van der Waals surface area contributed by atoms with E-state index in [4.69, 9.17) is 9.84 Å². The molecule has 1 amide bonds. The van der Waals surface area contributed by atoms with Crippen molar-refractivity contribution in [3.8, 4) is 5.75 Å². The second-order valence-electron chi connectivity index (χ2n) is 4.72. The van der Waals surface area contributed by atoms with E-state index in [0.717, 1.165) is 12.1 Å². The minimum atomic E-state index is -1.09. The van der Waals surface area contributed by atoms with Crippen molar-refractivity contribution in [1.82, 2.24) is 5.32 Å². The summed E-state index contributed by atoms with van der Waals surface area (Å²) >= 11 is 0. The van der Waals surface area contributed by atoms with Crippen molar-refractivity contribution in [2.24, 2.45) is 0 Å². The first-order chi connectivity index (χ1) is 8.20. The molecule has 0 fully saturated rings. The van der Waals surface area contributed by atoms with Gasteiger partial charge in [-0.25, -0.2) is 13.6 Å². The molecule has 0 aromatic heterocycles. The quantitative estimate of drug-likeness (QED) is 0.858. The maximum absolute atomic E-state index is 13.4. The second kappa shape index (κ2) is 5.20. The van der Waals surface area contributed by atoms with Gasteiger partial charge in [0.05, 0.1) is 0 Å². The van der Waals surface area contributed by atoms with Crippen LogP contribution in [0.15, 0.2) is 12.1 Å². The lowest BCUT2D eigenvalue weighted by Gasteiger charge is -2.19. The summed E-state index contributed by atoms with van der Waals surface area (Å²) < 4.78 is 31.1. The van der Waals surface area contributed by atoms with Gasteiger partial charge in [-0.2, -0.15) is 0 Å². The number of aromatic hydroxyl groups is 1. The highest BCUT2D eigenvalue weighted by atomic mass is 19.1. The number of ether oxygens (including phenoxy) is 1. The van der Waals surface area contributed by atoms with Gasteiger partial charge < -0.3 is 15.2 Å². The number of benzene rings is 1. The Hall–Kier alpha value is -1.85. The normalized spacial score (nSPS) is 11.2. The van der Waals surface area contributed by atoms with E-state index in [-0.39, 0.29) is 12.1 Å². The molecule has 1 rings (SSSR count). The number of hydrogen-bond donors (Lipinski definition) is 2. The van der Waals surface area contributed by atoms with Crippen LogP contribution >= 0.6 is 0 Å². The zero-order valence-corrected chi connectivity index (χ0v) is 10.4. The van der Waals surface area contributed by atoms with Gasteiger partial charge in [0.25, 0.3) is 0 Å². The molecule has 0 bridgehead atoms. The summed E-state index contributed by atoms with van der Waals surface area (Å²) in [6.07, 6.45) is -0.717. The highest BCUT2D eigenvalue weighted by Gasteiger charge is 2.17. The first-order valence-corrected chi connectivity index (χ1v) is 5.33. The van der Waals surface area contributed by atoms with Crippen LogP contribution in [-0.2, 0) is 11.3 Å². The van der Waals surface area contributed by atoms with Gasteiger partial charge in [-0.15, -0.1) is 0 Å². The maximum Gasteiger partial charge on any atom is 0.407 e. The average molecular weight is 259 g/mol. The molecule has 6 heteroatoms. The fraction of sp³-hybridized carbons (Fsp3) is 0.417. The number of alkyl carbamates (subject to hydrolysis) is 1. The van der Waals surface area contributed by atoms with E-state index in [1.807, 2.05) is 0 Å². The van der Waals surface area contributed by atoms with Gasteiger partial charge >= 0.3 is 6.09 Å². The van der Waals surface area contributed by atoms with Crippen molar-refractivity contribution in [2.75, 3.05) is 0 Å². The molecule has 1 aromatic rings. The van der Waals surface area contributed by atoms with E-state index >= 15 is 0 Å². The smallest absolute Gasteiger partial charge is 0.407 e. The zero-order chi connectivity index (χ0) is 13.9. The molecule has 0 saturated heterocycles. The Kier molecular flexibility index (Phi) is 4.11. The Balaban J connectivity index is 2.65. The van der Waals surface area contributed by atoms with Gasteiger partial charge in [0.15, 0.2) is 17.4 Å². The Morgan fingerprint density at radius 3 is 2.56 bits per heavy atom. The fourth-order valence-corrected chi connectivity index (χ4v) is 1.20. The van der Waals surface area contributed by atoms with Crippen molar-refractivity contribution in [3.63, 3.8) is 0 Å². The molecule has 0 heterocycles. The number of phenolic OH excluding ortho intramolecular Hbond substituents is 1. The predicted molar refractivity (Wildman–Crippen MR) is 61.1 cm³/mol. The first kappa shape index (κ1) is 14.2. The molecule has 0 saturated carbocycles. The van der Waals surface area contributed by atoms with Crippen LogP contribution in [0.25, 0.3) is 0 Å². The van der Waals surface area contributed by atoms with Gasteiger partial charge in [-0.1, -0.05) is 6.07 Å². The first-order valence-electron chi connectivity index (χ1n) is 5.33. The summed E-state index contributed by atoms with van der Waals surface area (Å²) in [6.45, 7) is 4.87. The molecule has 0 atom stereocenters. The molecule has 18 heavy (non-hydrogen) atoms. The molecule has 100 valence electrons. The van der Waals surface area contributed by atoms with Crippen LogP contribution in [0.5, 0.6) is 5.75 Å². The van der Waals surface area contributed by atoms with Crippen LogP contribution < -0.4 is 5.32 Å². The van der Waals surface area contributed by atoms with Crippen molar-refractivity contribution in [3.05, 3.63) is 29.3 Å². The van der Waals surface area contributed by atoms with Gasteiger partial charge in [-0.3, -0.25) is 0 Å². The summed E-state index contributed by atoms with van der Waals surface area (Å²) in [5.74, 6) is -3.20. The standard InChI is InChI=1S/C12H15F2NO3/c1-12(2,3)18-11(17)15-6-7-4-5-8(13)10(16)9(7)14/h4-5,16H,6H2,1-3H3,(H,15,17). The summed E-state index contributed by atoms with van der Waals surface area (Å²) in [7, 11) is 0. The van der Waals surface area contributed by atoms with Gasteiger partial charge in [0.2, 0.25) is 0 Å². The lowest BCUT2D eigenvalue weighted by Crippen LogP contribution is -2.32. The minimum absolute atomic E-state index is 0.0280. The van der Waals surface area contributed by atoms with Gasteiger partial charge in [-0.05, 0) is 26.8 Å². The third-order valence-corrected chi connectivity index (χ3v) is 1.97. The number of carbonyl (C=O) groups is 1. The number of carbonyl (C=O) groups excluding carboxylic acids is 1. The lowest BCUT2D eigenvalue weighted by atomic mass is 10.2. The van der Waals surface area contributed by atoms with E-state index in [0.29, 0.717) is 0 Å². The SMILES string of the molecule is CC(C)(C)OC(=O)NCc1ccc(F)c(O)c1F. The summed E-state index contributed by atoms with van der Waals surface area (Å²) in [4.78, 5) is 11.3. The highest BCUT2D eigenvalue weighted by Crippen LogP contribution is 2.22. The topological polar surface area (TPSA) is 58.6 Å². The molecule has 0 radical (unpaired) electrons. The van der Waals surface area contributed by atoms with E-state index in [1.54, 1.807) is 20.8 Å². The third kappa shape index (κ3) is 3.87. The number of rotatable bonds is 2. The number of nitrogens with one attached hydrogen (secondary N) is 1. The molecule has 4 nitrogen and oxygen atoms in total. The molecule has 0 aliphatic heterocycles. The van der Waals surface area contributed by atoms with Crippen LogP contribution in [0.2, 0.25) is 0 Å². The average Bonchev–Trinajstić information content (AvgIpc) is 2.22. The molecule has 0 aliphatic carbocycles. The van der Waals surface area contributed by atoms with E-state index in [2.05, 4.69) is 5.32 Å². The van der Waals surface area contributed by atoms with Gasteiger partial charge in [0, 0.05) is 12.1 Å². The van der Waals surface area contributed by atoms with E-state index in [1.165, 1.54) is 0 Å². The largest absolute Gasteiger partial charge is 0.503 e. The number of halogens is 2. The lowest BCUT2D eigenvalue weighted by molar-refractivity contribution is 0.0523. The third-order valence-electron chi connectivity index (χ3n) is 1.97. The molecule has 0 aliphatic rings. The summed E-state index contributed by atoms with van der Waals surface area (Å²) in [5, 5.41) is 11.4. The fourth-order valence-electron chi connectivity index (χ4n) is 1.20. The predicted octanol–water partition coefficient (Wildman–Crippen LogP) is 2.70. The molecular formula is C12H15F2NO3. The van der Waals surface area contributed by atoms with Crippen LogP contribution in [-0.4, -0.2) is 16.8 Å². The summed E-state index contributed by atoms with van der Waals surface area (Å²) in [5.41, 5.74) is -0.687. The van der Waals surface area contributed by atoms with Crippen molar-refractivity contribution >= 4 is 6.09 Å². The zero-order valence-electron chi connectivity index (χ0n) is 10.4. The maximum atomic E-state index is 13.4. The van der Waals surface area contributed by atoms with Crippen LogP contribution in [0.1, 0.15) is 26.3 Å². The summed E-state index contributed by atoms with van der Waals surface area (Å²) in [6, 6.07) is 2.06. The molecule has 2 N–H and O–H groups in total. The van der Waals surface area contributed by atoms with Gasteiger partial charge in [0.1, 0.15) is 5.60 Å². The molecule has 0 spiro atoms. The number of phenols is 1. The van der Waals surface area contributed by atoms with Crippen LogP contribution in [0.3, 0.4) is 0 Å². The Labute approximate surface area is 104 Å². The molecular weight excluding hydrogens is 244 g/mol. The molecule has 0 unspecified atom stereocenters. The second-order valence-corrected chi connectivity index (χ2v) is 4.72. The van der Waals surface area contributed by atoms with E-state index < -0.39 is 29.1 Å². The molecule has 1 aromatic carbocycles. The van der Waals surface area contributed by atoms with Crippen molar-refractivity contribution in [1.29, 1.82) is 0 Å². The highest BCUT2D eigenvalue weighted by molar-refractivity contribution is 5.67. The number of amides is 1.